The van der Waals surface area contributed by atoms with Crippen LogP contribution in [0.5, 0.6) is 0 Å². The van der Waals surface area contributed by atoms with E-state index in [9.17, 15) is 22.8 Å². The lowest BCUT2D eigenvalue weighted by Crippen LogP contribution is -2.34. The van der Waals surface area contributed by atoms with Gasteiger partial charge in [-0.1, -0.05) is 6.92 Å². The normalized spacial score (nSPS) is 11.4. The number of nitrogens with zero attached hydrogens (tertiary/aromatic N) is 1. The maximum atomic E-state index is 12.5. The molecule has 130 valence electrons. The molecule has 1 N–H and O–H groups in total. The standard InChI is InChI=1S/C15H21F3N2O3/c1-5-10-11(14(22)23-4)9(3)12(19-10)13(21)20(6-2)8-7-15(16,17)18/h19H,5-8H2,1-4H3. The van der Waals surface area contributed by atoms with Gasteiger partial charge in [-0.2, -0.15) is 13.2 Å². The number of aromatic nitrogens is 1. The monoisotopic (exact) mass is 334 g/mol. The number of halogens is 3. The number of aryl methyl sites for hydroxylation is 1. The van der Waals surface area contributed by atoms with Crippen LogP contribution in [-0.2, 0) is 11.2 Å². The second kappa shape index (κ2) is 7.52. The van der Waals surface area contributed by atoms with E-state index in [1.807, 2.05) is 0 Å². The average Bonchev–Trinajstić information content (AvgIpc) is 2.82. The zero-order valence-electron chi connectivity index (χ0n) is 13.6. The molecule has 0 atom stereocenters. The van der Waals surface area contributed by atoms with Crippen LogP contribution in [0, 0.1) is 6.92 Å². The van der Waals surface area contributed by atoms with Crippen molar-refractivity contribution >= 4 is 11.9 Å². The average molecular weight is 334 g/mol. The highest BCUT2D eigenvalue weighted by molar-refractivity contribution is 6.00. The summed E-state index contributed by atoms with van der Waals surface area (Å²) in [6, 6.07) is 0. The summed E-state index contributed by atoms with van der Waals surface area (Å²) in [5.41, 5.74) is 1.32. The molecule has 1 aromatic heterocycles. The number of hydrogen-bond donors (Lipinski definition) is 1. The van der Waals surface area contributed by atoms with Crippen molar-refractivity contribution < 1.29 is 27.5 Å². The highest BCUT2D eigenvalue weighted by atomic mass is 19.4. The molecule has 0 bridgehead atoms. The molecule has 0 aliphatic heterocycles. The van der Waals surface area contributed by atoms with Gasteiger partial charge in [-0.15, -0.1) is 0 Å². The summed E-state index contributed by atoms with van der Waals surface area (Å²) in [6.45, 7) is 4.70. The Labute approximate surface area is 132 Å². The molecular weight excluding hydrogens is 313 g/mol. The van der Waals surface area contributed by atoms with Gasteiger partial charge in [0.25, 0.3) is 5.91 Å². The van der Waals surface area contributed by atoms with E-state index in [2.05, 4.69) is 4.98 Å². The molecule has 1 amide bonds. The lowest BCUT2D eigenvalue weighted by molar-refractivity contribution is -0.136. The third kappa shape index (κ3) is 4.49. The largest absolute Gasteiger partial charge is 0.465 e. The Hall–Kier alpha value is -1.99. The van der Waals surface area contributed by atoms with Crippen LogP contribution in [0.4, 0.5) is 13.2 Å². The second-order valence-electron chi connectivity index (χ2n) is 5.07. The minimum absolute atomic E-state index is 0.131. The second-order valence-corrected chi connectivity index (χ2v) is 5.07. The van der Waals surface area contributed by atoms with Crippen molar-refractivity contribution in [3.05, 3.63) is 22.5 Å². The highest BCUT2D eigenvalue weighted by Crippen LogP contribution is 2.23. The summed E-state index contributed by atoms with van der Waals surface area (Å²) in [6.07, 6.45) is -4.94. The highest BCUT2D eigenvalue weighted by Gasteiger charge is 2.30. The first-order valence-corrected chi connectivity index (χ1v) is 7.31. The summed E-state index contributed by atoms with van der Waals surface area (Å²) in [4.78, 5) is 28.3. The molecule has 0 spiro atoms. The van der Waals surface area contributed by atoms with Gasteiger partial charge in [0.15, 0.2) is 0 Å². The molecular formula is C15H21F3N2O3. The first-order valence-electron chi connectivity index (χ1n) is 7.31. The zero-order valence-corrected chi connectivity index (χ0v) is 13.6. The topological polar surface area (TPSA) is 62.4 Å². The molecule has 0 aliphatic rings. The van der Waals surface area contributed by atoms with Crippen LogP contribution >= 0.6 is 0 Å². The number of carbonyl (C=O) groups is 2. The molecule has 0 fully saturated rings. The van der Waals surface area contributed by atoms with Crippen LogP contribution in [0.1, 0.15) is 52.4 Å². The third-order valence-corrected chi connectivity index (χ3v) is 3.62. The van der Waals surface area contributed by atoms with Gasteiger partial charge < -0.3 is 14.6 Å². The number of amides is 1. The third-order valence-electron chi connectivity index (χ3n) is 3.62. The van der Waals surface area contributed by atoms with Crippen molar-refractivity contribution in [3.63, 3.8) is 0 Å². The van der Waals surface area contributed by atoms with E-state index in [1.165, 1.54) is 7.11 Å². The van der Waals surface area contributed by atoms with E-state index in [0.717, 1.165) is 4.90 Å². The Morgan fingerprint density at radius 2 is 1.87 bits per heavy atom. The zero-order chi connectivity index (χ0) is 17.8. The summed E-state index contributed by atoms with van der Waals surface area (Å²) in [7, 11) is 1.23. The smallest absolute Gasteiger partial charge is 0.390 e. The molecule has 0 unspecified atom stereocenters. The molecule has 0 radical (unpaired) electrons. The minimum Gasteiger partial charge on any atom is -0.465 e. The van der Waals surface area contributed by atoms with Gasteiger partial charge in [0.1, 0.15) is 5.69 Å². The molecule has 0 saturated heterocycles. The number of carbonyl (C=O) groups excluding carboxylic acids is 2. The Morgan fingerprint density at radius 3 is 2.30 bits per heavy atom. The minimum atomic E-state index is -4.33. The number of H-pyrrole nitrogens is 1. The van der Waals surface area contributed by atoms with Crippen LogP contribution in [0.25, 0.3) is 0 Å². The van der Waals surface area contributed by atoms with Crippen molar-refractivity contribution in [1.82, 2.24) is 9.88 Å². The van der Waals surface area contributed by atoms with Gasteiger partial charge in [-0.3, -0.25) is 4.79 Å². The van der Waals surface area contributed by atoms with Gasteiger partial charge in [0.05, 0.1) is 19.1 Å². The molecule has 8 heteroatoms. The first-order chi connectivity index (χ1) is 10.7. The fourth-order valence-corrected chi connectivity index (χ4v) is 2.34. The van der Waals surface area contributed by atoms with E-state index in [0.29, 0.717) is 17.7 Å². The van der Waals surface area contributed by atoms with E-state index in [-0.39, 0.29) is 17.8 Å². The summed E-state index contributed by atoms with van der Waals surface area (Å²) >= 11 is 0. The van der Waals surface area contributed by atoms with Crippen molar-refractivity contribution in [2.75, 3.05) is 20.2 Å². The van der Waals surface area contributed by atoms with Gasteiger partial charge in [0, 0.05) is 18.8 Å². The number of hydrogen-bond acceptors (Lipinski definition) is 3. The van der Waals surface area contributed by atoms with E-state index < -0.39 is 31.0 Å². The van der Waals surface area contributed by atoms with Gasteiger partial charge in [0.2, 0.25) is 0 Å². The Kier molecular flexibility index (Phi) is 6.23. The van der Waals surface area contributed by atoms with Gasteiger partial charge >= 0.3 is 12.1 Å². The predicted molar refractivity (Wildman–Crippen MR) is 78.5 cm³/mol. The number of methoxy groups -OCH3 is 1. The van der Waals surface area contributed by atoms with E-state index in [1.54, 1.807) is 20.8 Å². The van der Waals surface area contributed by atoms with Crippen LogP contribution in [0.2, 0.25) is 0 Å². The summed E-state index contributed by atoms with van der Waals surface area (Å²) < 4.78 is 41.8. The van der Waals surface area contributed by atoms with Crippen LogP contribution in [0.3, 0.4) is 0 Å². The number of rotatable bonds is 6. The molecule has 23 heavy (non-hydrogen) atoms. The van der Waals surface area contributed by atoms with Crippen LogP contribution in [-0.4, -0.2) is 48.1 Å². The Balaban J connectivity index is 3.11. The molecule has 0 aromatic carbocycles. The van der Waals surface area contributed by atoms with Crippen LogP contribution in [0.15, 0.2) is 0 Å². The predicted octanol–water partition coefficient (Wildman–Crippen LogP) is 3.09. The van der Waals surface area contributed by atoms with Gasteiger partial charge in [-0.25, -0.2) is 4.79 Å². The van der Waals surface area contributed by atoms with E-state index >= 15 is 0 Å². The number of esters is 1. The molecule has 1 rings (SSSR count). The lowest BCUT2D eigenvalue weighted by Gasteiger charge is -2.21. The fourth-order valence-electron chi connectivity index (χ4n) is 2.34. The molecule has 0 saturated carbocycles. The van der Waals surface area contributed by atoms with Crippen molar-refractivity contribution in [3.8, 4) is 0 Å². The SMILES string of the molecule is CCc1[nH]c(C(=O)N(CC)CCC(F)(F)F)c(C)c1C(=O)OC. The molecule has 1 aromatic rings. The number of ether oxygens (including phenoxy) is 1. The van der Waals surface area contributed by atoms with Crippen molar-refractivity contribution in [2.45, 2.75) is 39.8 Å². The van der Waals surface area contributed by atoms with Gasteiger partial charge in [-0.05, 0) is 25.8 Å². The number of nitrogens with one attached hydrogen (secondary N) is 1. The molecule has 0 aliphatic carbocycles. The maximum absolute atomic E-state index is 12.5. The summed E-state index contributed by atoms with van der Waals surface area (Å²) in [5, 5.41) is 0. The van der Waals surface area contributed by atoms with Crippen molar-refractivity contribution in [1.29, 1.82) is 0 Å². The molecule has 5 nitrogen and oxygen atoms in total. The quantitative estimate of drug-likeness (QED) is 0.813. The Bertz CT molecular complexity index is 579. The number of alkyl halides is 3. The lowest BCUT2D eigenvalue weighted by atomic mass is 10.1. The van der Waals surface area contributed by atoms with E-state index in [4.69, 9.17) is 4.74 Å². The maximum Gasteiger partial charge on any atom is 0.390 e. The summed E-state index contributed by atoms with van der Waals surface area (Å²) in [5.74, 6) is -1.13. The van der Waals surface area contributed by atoms with Crippen molar-refractivity contribution in [2.24, 2.45) is 0 Å². The Morgan fingerprint density at radius 1 is 1.26 bits per heavy atom. The molecule has 1 heterocycles. The number of aromatic amines is 1. The fraction of sp³-hybridized carbons (Fsp3) is 0.600. The first kappa shape index (κ1) is 19.1. The van der Waals surface area contributed by atoms with Crippen LogP contribution < -0.4 is 0 Å².